The molecule has 0 aliphatic carbocycles. The fraction of sp³-hybridized carbons (Fsp3) is 0.950. The standard InChI is InChI=1S/C20H38N3O2/c1-16(2)22-12-5-6-18(8-13-22)7-11-21-25-20-10-15-23(17(3)4)14-9-19(20)24/h16-20,24H,5-10,12-15H2,1-4H3/q+1/t18?,19-,20-/m0/s1. The number of aliphatic hydroxyl groups excluding tert-OH is 1. The lowest BCUT2D eigenvalue weighted by molar-refractivity contribution is 0.00543. The minimum absolute atomic E-state index is 0.193. The van der Waals surface area contributed by atoms with Crippen LogP contribution in [0.3, 0.4) is 0 Å². The van der Waals surface area contributed by atoms with E-state index < -0.39 is 6.10 Å². The van der Waals surface area contributed by atoms with Crippen molar-refractivity contribution in [2.45, 2.75) is 90.5 Å². The van der Waals surface area contributed by atoms with Crippen LogP contribution < -0.4 is 0 Å². The summed E-state index contributed by atoms with van der Waals surface area (Å²) in [7, 11) is 0. The van der Waals surface area contributed by atoms with Gasteiger partial charge in [0.05, 0.1) is 6.42 Å². The van der Waals surface area contributed by atoms with Crippen molar-refractivity contribution in [1.29, 1.82) is 0 Å². The predicted octanol–water partition coefficient (Wildman–Crippen LogP) is 3.39. The average molecular weight is 353 g/mol. The third-order valence-electron chi connectivity index (χ3n) is 5.82. The maximum Gasteiger partial charge on any atom is 0.350 e. The highest BCUT2D eigenvalue weighted by Gasteiger charge is 2.30. The fourth-order valence-electron chi connectivity index (χ4n) is 3.90. The summed E-state index contributed by atoms with van der Waals surface area (Å²) in [5.74, 6) is 0.659. The maximum atomic E-state index is 10.3. The molecule has 144 valence electrons. The van der Waals surface area contributed by atoms with Crippen molar-refractivity contribution in [3.63, 3.8) is 0 Å². The van der Waals surface area contributed by atoms with E-state index in [2.05, 4.69) is 48.6 Å². The molecular weight excluding hydrogens is 314 g/mol. The second-order valence-corrected chi connectivity index (χ2v) is 8.30. The van der Waals surface area contributed by atoms with Crippen LogP contribution in [-0.4, -0.2) is 65.4 Å². The van der Waals surface area contributed by atoms with Crippen molar-refractivity contribution in [2.24, 2.45) is 5.92 Å². The van der Waals surface area contributed by atoms with Crippen molar-refractivity contribution in [3.8, 4) is 6.07 Å². The molecule has 25 heavy (non-hydrogen) atoms. The van der Waals surface area contributed by atoms with E-state index in [0.29, 0.717) is 18.0 Å². The van der Waals surface area contributed by atoms with E-state index in [1.807, 2.05) is 0 Å². The van der Waals surface area contributed by atoms with E-state index in [0.717, 1.165) is 32.4 Å². The summed E-state index contributed by atoms with van der Waals surface area (Å²) in [5.41, 5.74) is 0. The number of nitrogens with zero attached hydrogens (tertiary/aromatic N) is 3. The highest BCUT2D eigenvalue weighted by Crippen LogP contribution is 2.22. The van der Waals surface area contributed by atoms with E-state index in [1.54, 1.807) is 0 Å². The molecule has 2 fully saturated rings. The summed E-state index contributed by atoms with van der Waals surface area (Å²) in [6.07, 6.45) is 5.57. The molecule has 2 aliphatic heterocycles. The Balaban J connectivity index is 1.74. The van der Waals surface area contributed by atoms with Crippen molar-refractivity contribution >= 4 is 0 Å². The second kappa shape index (κ2) is 10.4. The molecule has 0 aromatic rings. The van der Waals surface area contributed by atoms with Crippen LogP contribution in [0.4, 0.5) is 0 Å². The molecule has 0 radical (unpaired) electrons. The highest BCUT2D eigenvalue weighted by molar-refractivity contribution is 4.87. The molecule has 2 saturated heterocycles. The lowest BCUT2D eigenvalue weighted by atomic mass is 9.98. The Bertz CT molecular complexity index is 444. The lowest BCUT2D eigenvalue weighted by Gasteiger charge is -2.24. The molecule has 1 N–H and O–H groups in total. The van der Waals surface area contributed by atoms with Crippen molar-refractivity contribution in [1.82, 2.24) is 9.80 Å². The van der Waals surface area contributed by atoms with Crippen LogP contribution in [0, 0.1) is 12.0 Å². The molecule has 0 spiro atoms. The number of hydrogen-bond donors (Lipinski definition) is 1. The van der Waals surface area contributed by atoms with Gasteiger partial charge in [0.15, 0.2) is 0 Å². The van der Waals surface area contributed by atoms with Gasteiger partial charge >= 0.3 is 6.07 Å². The summed E-state index contributed by atoms with van der Waals surface area (Å²) >= 11 is 0. The Morgan fingerprint density at radius 1 is 0.960 bits per heavy atom. The molecule has 3 atom stereocenters. The summed E-state index contributed by atoms with van der Waals surface area (Å²) in [6.45, 7) is 13.2. The van der Waals surface area contributed by atoms with Gasteiger partial charge in [-0.2, -0.15) is 4.84 Å². The van der Waals surface area contributed by atoms with Gasteiger partial charge in [0.2, 0.25) is 11.1 Å². The molecular formula is C20H38N3O2+. The SMILES string of the molecule is CC(C)N1CCCC(CC#[N+]O[C@H]2CCN(C(C)C)CC[C@@H]2O)CC1. The van der Waals surface area contributed by atoms with Gasteiger partial charge in [-0.1, -0.05) is 0 Å². The third-order valence-corrected chi connectivity index (χ3v) is 5.82. The van der Waals surface area contributed by atoms with E-state index in [1.165, 1.54) is 32.4 Å². The van der Waals surface area contributed by atoms with Crippen molar-refractivity contribution in [2.75, 3.05) is 26.2 Å². The van der Waals surface area contributed by atoms with Gasteiger partial charge < -0.3 is 14.9 Å². The zero-order valence-electron chi connectivity index (χ0n) is 16.7. The van der Waals surface area contributed by atoms with E-state index >= 15 is 0 Å². The maximum absolute atomic E-state index is 10.3. The minimum atomic E-state index is -0.424. The van der Waals surface area contributed by atoms with Gasteiger partial charge in [0.25, 0.3) is 0 Å². The normalized spacial score (nSPS) is 29.8. The Morgan fingerprint density at radius 2 is 1.60 bits per heavy atom. The van der Waals surface area contributed by atoms with E-state index in [-0.39, 0.29) is 6.10 Å². The minimum Gasteiger partial charge on any atom is -0.389 e. The number of aliphatic hydroxyl groups is 1. The summed E-state index contributed by atoms with van der Waals surface area (Å²) in [6, 6.07) is 4.26. The fourth-order valence-corrected chi connectivity index (χ4v) is 3.90. The molecule has 0 aromatic heterocycles. The lowest BCUT2D eigenvalue weighted by Crippen LogP contribution is -2.31. The summed E-state index contributed by atoms with van der Waals surface area (Å²) < 4.78 is 0. The average Bonchev–Trinajstić information content (AvgIpc) is 2.91. The second-order valence-electron chi connectivity index (χ2n) is 8.30. The third kappa shape index (κ3) is 6.77. The van der Waals surface area contributed by atoms with Crippen LogP contribution in [0.1, 0.15) is 66.2 Å². The largest absolute Gasteiger partial charge is 0.389 e. The summed E-state index contributed by atoms with van der Waals surface area (Å²) in [5, 5.41) is 14.4. The van der Waals surface area contributed by atoms with E-state index in [4.69, 9.17) is 4.84 Å². The Labute approximate surface area is 154 Å². The molecule has 5 nitrogen and oxygen atoms in total. The van der Waals surface area contributed by atoms with Gasteiger partial charge in [-0.25, -0.2) is 0 Å². The zero-order chi connectivity index (χ0) is 18.2. The summed E-state index contributed by atoms with van der Waals surface area (Å²) in [4.78, 5) is 10.6. The molecule has 2 heterocycles. The van der Waals surface area contributed by atoms with Crippen LogP contribution in [-0.2, 0) is 4.84 Å². The van der Waals surface area contributed by atoms with Crippen LogP contribution in [0.2, 0.25) is 0 Å². The molecule has 2 aliphatic rings. The predicted molar refractivity (Wildman–Crippen MR) is 103 cm³/mol. The van der Waals surface area contributed by atoms with Crippen molar-refractivity contribution in [3.05, 3.63) is 5.01 Å². The van der Waals surface area contributed by atoms with Gasteiger partial charge in [-0.15, -0.1) is 0 Å². The quantitative estimate of drug-likeness (QED) is 0.788. The molecule has 0 bridgehead atoms. The zero-order valence-corrected chi connectivity index (χ0v) is 16.7. The Kier molecular flexibility index (Phi) is 8.48. The van der Waals surface area contributed by atoms with E-state index in [9.17, 15) is 5.11 Å². The molecule has 2 rings (SSSR count). The first kappa shape index (κ1) is 20.5. The first-order valence-electron chi connectivity index (χ1n) is 10.2. The van der Waals surface area contributed by atoms with Gasteiger partial charge in [-0.05, 0) is 72.4 Å². The van der Waals surface area contributed by atoms with Gasteiger partial charge in [0.1, 0.15) is 6.10 Å². The van der Waals surface area contributed by atoms with Gasteiger partial charge in [-0.3, -0.25) is 0 Å². The monoisotopic (exact) mass is 352 g/mol. The Morgan fingerprint density at radius 3 is 2.32 bits per heavy atom. The molecule has 1 unspecified atom stereocenters. The number of likely N-dealkylation sites (tertiary alicyclic amines) is 2. The molecule has 0 amide bonds. The number of rotatable bonds is 4. The topological polar surface area (TPSA) is 40.3 Å². The Hall–Kier alpha value is -0.830. The van der Waals surface area contributed by atoms with Crippen LogP contribution in [0.5, 0.6) is 0 Å². The molecule has 0 saturated carbocycles. The first-order valence-corrected chi connectivity index (χ1v) is 10.2. The molecule has 0 aromatic carbocycles. The van der Waals surface area contributed by atoms with Crippen LogP contribution in [0.25, 0.3) is 5.01 Å². The smallest absolute Gasteiger partial charge is 0.350 e. The highest BCUT2D eigenvalue weighted by atomic mass is 16.6. The molecule has 5 heteroatoms. The number of hydrogen-bond acceptors (Lipinski definition) is 4. The van der Waals surface area contributed by atoms with Crippen molar-refractivity contribution < 1.29 is 9.94 Å². The van der Waals surface area contributed by atoms with Gasteiger partial charge in [0, 0.05) is 31.6 Å². The van der Waals surface area contributed by atoms with Crippen LogP contribution >= 0.6 is 0 Å². The first-order chi connectivity index (χ1) is 12.0. The van der Waals surface area contributed by atoms with Crippen LogP contribution in [0.15, 0.2) is 0 Å².